The van der Waals surface area contributed by atoms with E-state index in [1.54, 1.807) is 6.20 Å². The van der Waals surface area contributed by atoms with Crippen molar-refractivity contribution in [2.45, 2.75) is 26.3 Å². The van der Waals surface area contributed by atoms with Gasteiger partial charge in [0.2, 0.25) is 5.91 Å². The molecular weight excluding hydrogens is 228 g/mol. The zero-order valence-corrected chi connectivity index (χ0v) is 11.1. The summed E-state index contributed by atoms with van der Waals surface area (Å²) in [5.74, 6) is 0.552. The molecule has 0 radical (unpaired) electrons. The Morgan fingerprint density at radius 3 is 2.94 bits per heavy atom. The van der Waals surface area contributed by atoms with Crippen molar-refractivity contribution in [3.05, 3.63) is 23.9 Å². The molecule has 0 saturated heterocycles. The molecule has 1 heterocycles. The van der Waals surface area contributed by atoms with Gasteiger partial charge < -0.3 is 11.1 Å². The smallest absolute Gasteiger partial charge is 0.231 e. The van der Waals surface area contributed by atoms with Gasteiger partial charge in [0, 0.05) is 19.8 Å². The van der Waals surface area contributed by atoms with Gasteiger partial charge in [-0.25, -0.2) is 4.98 Å². The van der Waals surface area contributed by atoms with Crippen molar-refractivity contribution in [2.75, 3.05) is 25.5 Å². The second-order valence-corrected chi connectivity index (χ2v) is 4.33. The first-order valence-electron chi connectivity index (χ1n) is 6.29. The normalized spacial score (nSPS) is 10.6. The van der Waals surface area contributed by atoms with E-state index in [2.05, 4.69) is 22.1 Å². The van der Waals surface area contributed by atoms with Crippen molar-refractivity contribution in [3.63, 3.8) is 0 Å². The molecule has 5 heteroatoms. The lowest BCUT2D eigenvalue weighted by atomic mass is 10.2. The van der Waals surface area contributed by atoms with Gasteiger partial charge in [0.1, 0.15) is 5.82 Å². The van der Waals surface area contributed by atoms with Crippen LogP contribution in [0.4, 0.5) is 5.82 Å². The fourth-order valence-corrected chi connectivity index (χ4v) is 1.78. The molecule has 1 amide bonds. The predicted molar refractivity (Wildman–Crippen MR) is 73.2 cm³/mol. The van der Waals surface area contributed by atoms with Crippen LogP contribution in [0.1, 0.15) is 25.3 Å². The molecule has 0 aromatic carbocycles. The highest BCUT2D eigenvalue weighted by Gasteiger charge is 2.09. The molecule has 0 aliphatic heterocycles. The van der Waals surface area contributed by atoms with Crippen molar-refractivity contribution in [1.29, 1.82) is 0 Å². The summed E-state index contributed by atoms with van der Waals surface area (Å²) in [5.41, 5.74) is 6.40. The second kappa shape index (κ2) is 7.66. The summed E-state index contributed by atoms with van der Waals surface area (Å²) in [6.45, 7) is 4.04. The summed E-state index contributed by atoms with van der Waals surface area (Å²) in [5, 5.41) is 3.00. The largest absolute Gasteiger partial charge is 0.373 e. The molecule has 0 fully saturated rings. The summed E-state index contributed by atoms with van der Waals surface area (Å²) in [7, 11) is 1.84. The number of unbranched alkanes of at least 4 members (excludes halogenated alkanes) is 1. The number of nitrogens with one attached hydrogen (secondary N) is 1. The predicted octanol–water partition coefficient (Wildman–Crippen LogP) is 1.21. The van der Waals surface area contributed by atoms with Gasteiger partial charge in [-0.05, 0) is 30.7 Å². The molecule has 1 aromatic rings. The van der Waals surface area contributed by atoms with Crippen LogP contribution in [0.25, 0.3) is 0 Å². The Labute approximate surface area is 108 Å². The minimum absolute atomic E-state index is 0.283. The number of primary amides is 1. The van der Waals surface area contributed by atoms with Gasteiger partial charge >= 0.3 is 0 Å². The number of nitrogens with two attached hydrogens (primary N) is 1. The van der Waals surface area contributed by atoms with E-state index in [0.717, 1.165) is 37.3 Å². The average molecular weight is 250 g/mol. The molecule has 3 N–H and O–H groups in total. The molecule has 0 atom stereocenters. The van der Waals surface area contributed by atoms with E-state index in [0.29, 0.717) is 6.54 Å². The van der Waals surface area contributed by atoms with Crippen LogP contribution in [0.5, 0.6) is 0 Å². The highest BCUT2D eigenvalue weighted by molar-refractivity contribution is 5.75. The molecule has 18 heavy (non-hydrogen) atoms. The zero-order valence-electron chi connectivity index (χ0n) is 11.1. The number of hydrogen-bond acceptors (Lipinski definition) is 4. The molecule has 0 aliphatic rings. The van der Waals surface area contributed by atoms with E-state index in [1.807, 2.05) is 19.2 Å². The summed E-state index contributed by atoms with van der Waals surface area (Å²) >= 11 is 0. The van der Waals surface area contributed by atoms with Gasteiger partial charge in [-0.2, -0.15) is 0 Å². The number of pyridine rings is 1. The first-order valence-corrected chi connectivity index (χ1v) is 6.29. The molecule has 100 valence electrons. The van der Waals surface area contributed by atoms with Gasteiger partial charge in [-0.1, -0.05) is 13.3 Å². The quantitative estimate of drug-likeness (QED) is 0.727. The van der Waals surface area contributed by atoms with Gasteiger partial charge in [0.05, 0.1) is 6.54 Å². The van der Waals surface area contributed by atoms with Crippen molar-refractivity contribution < 1.29 is 4.79 Å². The number of aromatic nitrogens is 1. The number of rotatable bonds is 8. The van der Waals surface area contributed by atoms with Crippen LogP contribution < -0.4 is 11.1 Å². The Kier molecular flexibility index (Phi) is 6.14. The van der Waals surface area contributed by atoms with Crippen molar-refractivity contribution in [3.8, 4) is 0 Å². The number of anilines is 1. The monoisotopic (exact) mass is 250 g/mol. The number of carbonyl (C=O) groups is 1. The molecule has 0 spiro atoms. The van der Waals surface area contributed by atoms with Crippen molar-refractivity contribution in [2.24, 2.45) is 5.73 Å². The Balaban J connectivity index is 2.65. The van der Waals surface area contributed by atoms with Crippen LogP contribution in [0.2, 0.25) is 0 Å². The maximum Gasteiger partial charge on any atom is 0.231 e. The Bertz CT molecular complexity index is 381. The first kappa shape index (κ1) is 14.4. The Hall–Kier alpha value is -1.62. The summed E-state index contributed by atoms with van der Waals surface area (Å²) in [6, 6.07) is 3.95. The lowest BCUT2D eigenvalue weighted by Gasteiger charge is -2.20. The van der Waals surface area contributed by atoms with E-state index in [1.165, 1.54) is 0 Å². The maximum atomic E-state index is 11.0. The van der Waals surface area contributed by atoms with Crippen LogP contribution in [-0.2, 0) is 11.3 Å². The van der Waals surface area contributed by atoms with E-state index < -0.39 is 0 Å². The van der Waals surface area contributed by atoms with Gasteiger partial charge in [-0.3, -0.25) is 9.69 Å². The van der Waals surface area contributed by atoms with Crippen molar-refractivity contribution >= 4 is 11.7 Å². The highest BCUT2D eigenvalue weighted by Crippen LogP contribution is 2.09. The van der Waals surface area contributed by atoms with Crippen LogP contribution in [0.15, 0.2) is 18.3 Å². The third-order valence-corrected chi connectivity index (χ3v) is 2.69. The van der Waals surface area contributed by atoms with Crippen LogP contribution in [0.3, 0.4) is 0 Å². The molecule has 0 aliphatic carbocycles. The third kappa shape index (κ3) is 5.14. The van der Waals surface area contributed by atoms with Gasteiger partial charge in [0.25, 0.3) is 0 Å². The Morgan fingerprint density at radius 1 is 1.56 bits per heavy atom. The van der Waals surface area contributed by atoms with Crippen LogP contribution >= 0.6 is 0 Å². The number of hydrogen-bond donors (Lipinski definition) is 2. The van der Waals surface area contributed by atoms with Crippen LogP contribution in [-0.4, -0.2) is 35.9 Å². The third-order valence-electron chi connectivity index (χ3n) is 2.69. The number of amides is 1. The second-order valence-electron chi connectivity index (χ2n) is 4.33. The minimum Gasteiger partial charge on any atom is -0.373 e. The van der Waals surface area contributed by atoms with Crippen molar-refractivity contribution in [1.82, 2.24) is 9.88 Å². The SMILES string of the molecule is CCCCN(CC(N)=O)Cc1ccnc(NC)c1. The lowest BCUT2D eigenvalue weighted by Crippen LogP contribution is -2.34. The first-order chi connectivity index (χ1) is 8.65. The molecule has 1 rings (SSSR count). The van der Waals surface area contributed by atoms with E-state index in [9.17, 15) is 4.79 Å². The number of carbonyl (C=O) groups excluding carboxylic acids is 1. The topological polar surface area (TPSA) is 71.2 Å². The maximum absolute atomic E-state index is 11.0. The van der Waals surface area contributed by atoms with E-state index >= 15 is 0 Å². The summed E-state index contributed by atoms with van der Waals surface area (Å²) in [4.78, 5) is 17.3. The molecule has 5 nitrogen and oxygen atoms in total. The summed E-state index contributed by atoms with van der Waals surface area (Å²) < 4.78 is 0. The molecule has 0 unspecified atom stereocenters. The van der Waals surface area contributed by atoms with Crippen LogP contribution in [0, 0.1) is 0 Å². The fourth-order valence-electron chi connectivity index (χ4n) is 1.78. The molecule has 1 aromatic heterocycles. The molecule has 0 bridgehead atoms. The lowest BCUT2D eigenvalue weighted by molar-refractivity contribution is -0.119. The highest BCUT2D eigenvalue weighted by atomic mass is 16.1. The van der Waals surface area contributed by atoms with E-state index in [-0.39, 0.29) is 5.91 Å². The Morgan fingerprint density at radius 2 is 2.33 bits per heavy atom. The van der Waals surface area contributed by atoms with Gasteiger partial charge in [-0.15, -0.1) is 0 Å². The standard InChI is InChI=1S/C13H22N4O/c1-3-4-7-17(10-12(14)18)9-11-5-6-16-13(8-11)15-2/h5-6,8H,3-4,7,9-10H2,1-2H3,(H2,14,18)(H,15,16). The summed E-state index contributed by atoms with van der Waals surface area (Å²) in [6.07, 6.45) is 3.94. The molecular formula is C13H22N4O. The van der Waals surface area contributed by atoms with E-state index in [4.69, 9.17) is 5.73 Å². The number of nitrogens with zero attached hydrogens (tertiary/aromatic N) is 2. The molecule has 0 saturated carbocycles. The average Bonchev–Trinajstić information content (AvgIpc) is 2.35. The fraction of sp³-hybridized carbons (Fsp3) is 0.538. The zero-order chi connectivity index (χ0) is 13.4. The minimum atomic E-state index is -0.283. The van der Waals surface area contributed by atoms with Gasteiger partial charge in [0.15, 0.2) is 0 Å².